The summed E-state index contributed by atoms with van der Waals surface area (Å²) in [6.45, 7) is 10.7. The second-order valence-corrected chi connectivity index (χ2v) is 7.56. The fraction of sp³-hybridized carbons (Fsp3) is 0.650. The summed E-state index contributed by atoms with van der Waals surface area (Å²) in [5.74, 6) is 0.928. The minimum atomic E-state index is 0.404. The molecule has 1 unspecified atom stereocenters. The molecule has 0 saturated carbocycles. The summed E-state index contributed by atoms with van der Waals surface area (Å²) in [6.07, 6.45) is 2.18. The van der Waals surface area contributed by atoms with Crippen molar-refractivity contribution in [1.29, 1.82) is 0 Å². The van der Waals surface area contributed by atoms with E-state index >= 15 is 0 Å². The number of rotatable bonds is 7. The number of nitrogens with zero attached hydrogens (tertiary/aromatic N) is 3. The molecule has 2 aliphatic rings. The van der Waals surface area contributed by atoms with Crippen LogP contribution < -0.4 is 15.5 Å². The topological polar surface area (TPSA) is 52.1 Å². The molecule has 2 N–H and O–H groups in total. The average molecular weight is 394 g/mol. The van der Waals surface area contributed by atoms with Crippen molar-refractivity contribution in [2.45, 2.75) is 25.8 Å². The van der Waals surface area contributed by atoms with Crippen molar-refractivity contribution in [2.24, 2.45) is 4.99 Å². The van der Waals surface area contributed by atoms with E-state index in [1.54, 1.807) is 0 Å². The Morgan fingerprint density at radius 1 is 1.30 bits per heavy atom. The molecule has 27 heavy (non-hydrogen) atoms. The van der Waals surface area contributed by atoms with Crippen LogP contribution in [0.25, 0.3) is 0 Å². The van der Waals surface area contributed by atoms with Crippen molar-refractivity contribution in [3.8, 4) is 0 Å². The first-order valence-electron chi connectivity index (χ1n) is 10.1. The number of morpholine rings is 1. The summed E-state index contributed by atoms with van der Waals surface area (Å²) in [5, 5.41) is 7.77. The van der Waals surface area contributed by atoms with Crippen LogP contribution in [0.3, 0.4) is 0 Å². The molecular weight excluding hydrogens is 362 g/mol. The predicted molar refractivity (Wildman–Crippen MR) is 113 cm³/mol. The second kappa shape index (κ2) is 10.7. The molecule has 7 heteroatoms. The number of guanidine groups is 1. The largest absolute Gasteiger partial charge is 0.379 e. The van der Waals surface area contributed by atoms with Crippen molar-refractivity contribution in [3.63, 3.8) is 0 Å². The van der Waals surface area contributed by atoms with Crippen molar-refractivity contribution in [3.05, 3.63) is 29.3 Å². The van der Waals surface area contributed by atoms with Gasteiger partial charge >= 0.3 is 0 Å². The fourth-order valence-electron chi connectivity index (χ4n) is 3.61. The van der Waals surface area contributed by atoms with Crippen LogP contribution in [0, 0.1) is 0 Å². The normalized spacial score (nSPS) is 21.5. The van der Waals surface area contributed by atoms with E-state index in [1.165, 1.54) is 5.69 Å². The van der Waals surface area contributed by atoms with Crippen LogP contribution in [0.4, 0.5) is 5.69 Å². The Morgan fingerprint density at radius 3 is 2.93 bits per heavy atom. The first-order valence-corrected chi connectivity index (χ1v) is 10.5. The lowest BCUT2D eigenvalue weighted by molar-refractivity contribution is 0.0377. The van der Waals surface area contributed by atoms with Crippen molar-refractivity contribution >= 4 is 23.2 Å². The van der Waals surface area contributed by atoms with Crippen LogP contribution in [-0.4, -0.2) is 75.9 Å². The van der Waals surface area contributed by atoms with Gasteiger partial charge in [0.2, 0.25) is 0 Å². The highest BCUT2D eigenvalue weighted by atomic mass is 35.5. The minimum Gasteiger partial charge on any atom is -0.379 e. The van der Waals surface area contributed by atoms with Gasteiger partial charge in [0.15, 0.2) is 5.96 Å². The summed E-state index contributed by atoms with van der Waals surface area (Å²) >= 11 is 6.13. The van der Waals surface area contributed by atoms with Crippen LogP contribution in [0.1, 0.15) is 19.8 Å². The third-order valence-electron chi connectivity index (χ3n) is 5.05. The van der Waals surface area contributed by atoms with Gasteiger partial charge in [-0.15, -0.1) is 0 Å². The van der Waals surface area contributed by atoms with Gasteiger partial charge in [-0.05, 0) is 38.0 Å². The molecule has 0 bridgehead atoms. The summed E-state index contributed by atoms with van der Waals surface area (Å²) in [7, 11) is 0. The molecule has 2 saturated heterocycles. The Bertz CT molecular complexity index is 606. The van der Waals surface area contributed by atoms with Crippen LogP contribution in [0.15, 0.2) is 29.3 Å². The molecule has 6 nitrogen and oxygen atoms in total. The molecule has 1 aromatic carbocycles. The van der Waals surface area contributed by atoms with Crippen molar-refractivity contribution in [1.82, 2.24) is 15.5 Å². The van der Waals surface area contributed by atoms with Gasteiger partial charge in [0, 0.05) is 62.6 Å². The second-order valence-electron chi connectivity index (χ2n) is 7.12. The first-order chi connectivity index (χ1) is 13.2. The van der Waals surface area contributed by atoms with Gasteiger partial charge in [-0.1, -0.05) is 17.7 Å². The number of aliphatic imine (C=N–C) groups is 1. The number of hydrogen-bond donors (Lipinski definition) is 2. The van der Waals surface area contributed by atoms with Gasteiger partial charge in [0.1, 0.15) is 0 Å². The standard InChI is InChI=1S/C20H32ClN5O/c1-2-22-20(23-8-4-9-25-11-13-27-14-12-25)24-18-7-10-26(16-18)19-6-3-5-17(21)15-19/h3,5-6,15,18H,2,4,7-14,16H2,1H3,(H2,22,23,24). The Morgan fingerprint density at radius 2 is 2.15 bits per heavy atom. The molecule has 2 aliphatic heterocycles. The zero-order chi connectivity index (χ0) is 18.9. The molecule has 0 aromatic heterocycles. The molecule has 0 spiro atoms. The van der Waals surface area contributed by atoms with Crippen LogP contribution in [-0.2, 0) is 4.74 Å². The fourth-order valence-corrected chi connectivity index (χ4v) is 3.79. The van der Waals surface area contributed by atoms with E-state index in [2.05, 4.69) is 33.4 Å². The molecule has 2 fully saturated rings. The maximum atomic E-state index is 6.13. The van der Waals surface area contributed by atoms with E-state index in [0.29, 0.717) is 6.04 Å². The number of hydrogen-bond acceptors (Lipinski definition) is 4. The highest BCUT2D eigenvalue weighted by Crippen LogP contribution is 2.23. The summed E-state index contributed by atoms with van der Waals surface area (Å²) in [6, 6.07) is 8.50. The first kappa shape index (κ1) is 20.2. The molecule has 0 radical (unpaired) electrons. The maximum absolute atomic E-state index is 6.13. The third kappa shape index (κ3) is 6.55. The third-order valence-corrected chi connectivity index (χ3v) is 5.29. The molecule has 0 aliphatic carbocycles. The lowest BCUT2D eigenvalue weighted by atomic mass is 10.2. The lowest BCUT2D eigenvalue weighted by Gasteiger charge is -2.26. The van der Waals surface area contributed by atoms with Gasteiger partial charge in [0.25, 0.3) is 0 Å². The van der Waals surface area contributed by atoms with Crippen LogP contribution in [0.5, 0.6) is 0 Å². The number of ether oxygens (including phenoxy) is 1. The van der Waals surface area contributed by atoms with Gasteiger partial charge < -0.3 is 20.3 Å². The van der Waals surface area contributed by atoms with E-state index in [-0.39, 0.29) is 0 Å². The molecule has 150 valence electrons. The Balaban J connectivity index is 1.44. The highest BCUT2D eigenvalue weighted by molar-refractivity contribution is 6.30. The summed E-state index contributed by atoms with van der Waals surface area (Å²) in [5.41, 5.74) is 1.19. The summed E-state index contributed by atoms with van der Waals surface area (Å²) < 4.78 is 5.40. The van der Waals surface area contributed by atoms with E-state index in [4.69, 9.17) is 21.3 Å². The zero-order valence-electron chi connectivity index (χ0n) is 16.3. The number of benzene rings is 1. The Kier molecular flexibility index (Phi) is 8.05. The zero-order valence-corrected chi connectivity index (χ0v) is 17.0. The predicted octanol–water partition coefficient (Wildman–Crippen LogP) is 2.20. The van der Waals surface area contributed by atoms with Gasteiger partial charge in [-0.25, -0.2) is 0 Å². The molecular formula is C20H32ClN5O. The number of nitrogens with one attached hydrogen (secondary N) is 2. The monoisotopic (exact) mass is 393 g/mol. The van der Waals surface area contributed by atoms with E-state index in [0.717, 1.165) is 82.9 Å². The summed E-state index contributed by atoms with van der Waals surface area (Å²) in [4.78, 5) is 9.61. The van der Waals surface area contributed by atoms with E-state index < -0.39 is 0 Å². The number of anilines is 1. The molecule has 2 heterocycles. The SMILES string of the molecule is CCNC(=NCCCN1CCOCC1)NC1CCN(c2cccc(Cl)c2)C1. The minimum absolute atomic E-state index is 0.404. The van der Waals surface area contributed by atoms with Crippen LogP contribution >= 0.6 is 11.6 Å². The Hall–Kier alpha value is -1.50. The Labute approximate surface area is 167 Å². The number of halogens is 1. The molecule has 1 aromatic rings. The van der Waals surface area contributed by atoms with Gasteiger partial charge in [-0.3, -0.25) is 9.89 Å². The molecule has 3 rings (SSSR count). The quantitative estimate of drug-likeness (QED) is 0.422. The molecule has 1 atom stereocenters. The smallest absolute Gasteiger partial charge is 0.191 e. The van der Waals surface area contributed by atoms with Crippen molar-refractivity contribution in [2.75, 3.05) is 63.9 Å². The van der Waals surface area contributed by atoms with E-state index in [1.807, 2.05) is 18.2 Å². The van der Waals surface area contributed by atoms with Gasteiger partial charge in [0.05, 0.1) is 13.2 Å². The average Bonchev–Trinajstić information content (AvgIpc) is 3.15. The van der Waals surface area contributed by atoms with E-state index in [9.17, 15) is 0 Å². The van der Waals surface area contributed by atoms with Crippen molar-refractivity contribution < 1.29 is 4.74 Å². The molecule has 0 amide bonds. The maximum Gasteiger partial charge on any atom is 0.191 e. The van der Waals surface area contributed by atoms with Gasteiger partial charge in [-0.2, -0.15) is 0 Å². The highest BCUT2D eigenvalue weighted by Gasteiger charge is 2.23. The lowest BCUT2D eigenvalue weighted by Crippen LogP contribution is -2.44. The van der Waals surface area contributed by atoms with Crippen LogP contribution in [0.2, 0.25) is 5.02 Å².